The molecule has 0 bridgehead atoms. The molecule has 1 aromatic rings. The lowest BCUT2D eigenvalue weighted by molar-refractivity contribution is 0.215. The molecule has 2 saturated heterocycles. The van der Waals surface area contributed by atoms with E-state index in [0.717, 1.165) is 44.8 Å². The fourth-order valence-electron chi connectivity index (χ4n) is 4.41. The minimum atomic E-state index is 0.0495. The number of anilines is 1. The molecule has 6 nitrogen and oxygen atoms in total. The van der Waals surface area contributed by atoms with Gasteiger partial charge in [0.05, 0.1) is 5.69 Å². The Bertz CT molecular complexity index is 582. The van der Waals surface area contributed by atoms with Gasteiger partial charge in [0.25, 0.3) is 0 Å². The zero-order valence-corrected chi connectivity index (χ0v) is 13.5. The first-order valence-electron chi connectivity index (χ1n) is 8.41. The molecule has 0 unspecified atom stereocenters. The maximum Gasteiger partial charge on any atom is 0.323 e. The molecule has 2 aliphatic heterocycles. The van der Waals surface area contributed by atoms with E-state index in [1.54, 1.807) is 0 Å². The summed E-state index contributed by atoms with van der Waals surface area (Å²) < 4.78 is 1.85. The zero-order valence-electron chi connectivity index (χ0n) is 13.5. The summed E-state index contributed by atoms with van der Waals surface area (Å²) in [5, 5.41) is 7.71. The van der Waals surface area contributed by atoms with E-state index < -0.39 is 0 Å². The fraction of sp³-hybridized carbons (Fsp3) is 0.750. The second kappa shape index (κ2) is 5.26. The van der Waals surface area contributed by atoms with E-state index in [4.69, 9.17) is 0 Å². The molecule has 1 N–H and O–H groups in total. The van der Waals surface area contributed by atoms with Crippen LogP contribution in [0.15, 0.2) is 0 Å². The Balaban J connectivity index is 1.46. The van der Waals surface area contributed by atoms with Gasteiger partial charge >= 0.3 is 6.03 Å². The van der Waals surface area contributed by atoms with Gasteiger partial charge in [-0.3, -0.25) is 10.00 Å². The van der Waals surface area contributed by atoms with Crippen LogP contribution in [0.1, 0.15) is 24.1 Å². The molecule has 2 fully saturated rings. The first-order chi connectivity index (χ1) is 10.6. The number of hydrogen-bond acceptors (Lipinski definition) is 3. The molecule has 120 valence electrons. The third-order valence-corrected chi connectivity index (χ3v) is 5.50. The van der Waals surface area contributed by atoms with Crippen molar-refractivity contribution in [1.29, 1.82) is 0 Å². The molecule has 3 aliphatic rings. The topological polar surface area (TPSA) is 53.4 Å². The quantitative estimate of drug-likeness (QED) is 0.851. The van der Waals surface area contributed by atoms with Crippen molar-refractivity contribution < 1.29 is 4.79 Å². The number of rotatable bonds is 1. The Hall–Kier alpha value is -1.56. The van der Waals surface area contributed by atoms with Crippen LogP contribution in [0.3, 0.4) is 0 Å². The van der Waals surface area contributed by atoms with Crippen LogP contribution < -0.4 is 5.32 Å². The molecule has 0 radical (unpaired) electrons. The van der Waals surface area contributed by atoms with Crippen LogP contribution in [0.5, 0.6) is 0 Å². The third kappa shape index (κ3) is 2.29. The van der Waals surface area contributed by atoms with E-state index in [-0.39, 0.29) is 6.03 Å². The lowest BCUT2D eigenvalue weighted by Gasteiger charge is -2.20. The molecule has 3 heterocycles. The highest BCUT2D eigenvalue weighted by molar-refractivity contribution is 5.89. The Morgan fingerprint density at radius 3 is 2.50 bits per heavy atom. The van der Waals surface area contributed by atoms with Crippen LogP contribution >= 0.6 is 0 Å². The predicted octanol–water partition coefficient (Wildman–Crippen LogP) is 1.32. The summed E-state index contributed by atoms with van der Waals surface area (Å²) >= 11 is 0. The van der Waals surface area contributed by atoms with E-state index in [0.29, 0.717) is 11.8 Å². The summed E-state index contributed by atoms with van der Waals surface area (Å²) in [7, 11) is 4.10. The lowest BCUT2D eigenvalue weighted by atomic mass is 9.97. The Labute approximate surface area is 131 Å². The van der Waals surface area contributed by atoms with Gasteiger partial charge in [0.2, 0.25) is 0 Å². The maximum atomic E-state index is 12.6. The molecular formula is C16H25N5O. The number of nitrogens with zero attached hydrogens (tertiary/aromatic N) is 4. The van der Waals surface area contributed by atoms with Crippen molar-refractivity contribution >= 4 is 11.8 Å². The van der Waals surface area contributed by atoms with Crippen LogP contribution in [0.2, 0.25) is 0 Å². The highest BCUT2D eigenvalue weighted by atomic mass is 16.2. The molecule has 2 amide bonds. The number of carbonyl (C=O) groups is 1. The van der Waals surface area contributed by atoms with E-state index in [9.17, 15) is 4.79 Å². The van der Waals surface area contributed by atoms with Gasteiger partial charge in [-0.15, -0.1) is 0 Å². The first-order valence-corrected chi connectivity index (χ1v) is 8.41. The van der Waals surface area contributed by atoms with Crippen molar-refractivity contribution in [3.63, 3.8) is 0 Å². The maximum absolute atomic E-state index is 12.6. The highest BCUT2D eigenvalue weighted by Crippen LogP contribution is 2.31. The standard InChI is InChI=1S/C16H25N5O/c1-19-7-11-9-21(10-12(11)8-19)16(22)17-15-13-5-3-4-6-14(13)18-20(15)2/h11-12H,3-10H2,1-2H3,(H,17,22)/t11-,12+. The fourth-order valence-corrected chi connectivity index (χ4v) is 4.41. The molecule has 4 rings (SSSR count). The van der Waals surface area contributed by atoms with Gasteiger partial charge in [0, 0.05) is 38.8 Å². The molecule has 2 atom stereocenters. The van der Waals surface area contributed by atoms with Crippen LogP contribution in [-0.4, -0.2) is 58.8 Å². The average Bonchev–Trinajstić information content (AvgIpc) is 3.11. The SMILES string of the molecule is CN1C[C@@H]2CN(C(=O)Nc3c4c(nn3C)CCCC4)C[C@@H]2C1. The van der Waals surface area contributed by atoms with Crippen molar-refractivity contribution in [2.24, 2.45) is 18.9 Å². The van der Waals surface area contributed by atoms with E-state index in [1.807, 2.05) is 16.6 Å². The van der Waals surface area contributed by atoms with Gasteiger partial charge in [0.1, 0.15) is 5.82 Å². The molecule has 0 aromatic carbocycles. The lowest BCUT2D eigenvalue weighted by Crippen LogP contribution is -2.36. The molecule has 0 saturated carbocycles. The van der Waals surface area contributed by atoms with Crippen molar-refractivity contribution in [3.05, 3.63) is 11.3 Å². The minimum absolute atomic E-state index is 0.0495. The van der Waals surface area contributed by atoms with Gasteiger partial charge in [-0.1, -0.05) is 0 Å². The highest BCUT2D eigenvalue weighted by Gasteiger charge is 2.40. The smallest absolute Gasteiger partial charge is 0.323 e. The van der Waals surface area contributed by atoms with Gasteiger partial charge in [-0.25, -0.2) is 4.79 Å². The molecule has 6 heteroatoms. The number of likely N-dealkylation sites (tertiary alicyclic amines) is 2. The molecular weight excluding hydrogens is 278 g/mol. The number of aryl methyl sites for hydroxylation is 2. The molecule has 1 aliphatic carbocycles. The number of hydrogen-bond donors (Lipinski definition) is 1. The second-order valence-electron chi connectivity index (χ2n) is 7.18. The molecule has 0 spiro atoms. The number of nitrogens with one attached hydrogen (secondary N) is 1. The molecule has 1 aromatic heterocycles. The van der Waals surface area contributed by atoms with Crippen LogP contribution in [0.4, 0.5) is 10.6 Å². The van der Waals surface area contributed by atoms with Gasteiger partial charge in [-0.05, 0) is 44.6 Å². The van der Waals surface area contributed by atoms with Crippen LogP contribution in [0, 0.1) is 11.8 Å². The summed E-state index contributed by atoms with van der Waals surface area (Å²) in [5.41, 5.74) is 2.42. The normalized spacial score (nSPS) is 27.8. The van der Waals surface area contributed by atoms with Crippen LogP contribution in [0.25, 0.3) is 0 Å². The van der Waals surface area contributed by atoms with Gasteiger partial charge in [-0.2, -0.15) is 5.10 Å². The predicted molar refractivity (Wildman–Crippen MR) is 84.9 cm³/mol. The summed E-state index contributed by atoms with van der Waals surface area (Å²) in [6.45, 7) is 4.02. The third-order valence-electron chi connectivity index (χ3n) is 5.50. The number of urea groups is 1. The number of carbonyl (C=O) groups excluding carboxylic acids is 1. The Morgan fingerprint density at radius 2 is 1.77 bits per heavy atom. The summed E-state index contributed by atoms with van der Waals surface area (Å²) in [5.74, 6) is 2.21. The van der Waals surface area contributed by atoms with Crippen LogP contribution in [-0.2, 0) is 19.9 Å². The van der Waals surface area contributed by atoms with Crippen molar-refractivity contribution in [2.45, 2.75) is 25.7 Å². The summed E-state index contributed by atoms with van der Waals surface area (Å²) in [4.78, 5) is 17.0. The number of aromatic nitrogens is 2. The van der Waals surface area contributed by atoms with E-state index >= 15 is 0 Å². The van der Waals surface area contributed by atoms with Crippen molar-refractivity contribution in [2.75, 3.05) is 38.5 Å². The van der Waals surface area contributed by atoms with E-state index in [2.05, 4.69) is 22.4 Å². The summed E-state index contributed by atoms with van der Waals surface area (Å²) in [6.07, 6.45) is 4.48. The second-order valence-corrected chi connectivity index (χ2v) is 7.18. The average molecular weight is 303 g/mol. The minimum Gasteiger partial charge on any atom is -0.324 e. The Kier molecular flexibility index (Phi) is 3.36. The Morgan fingerprint density at radius 1 is 1.09 bits per heavy atom. The first kappa shape index (κ1) is 14.1. The largest absolute Gasteiger partial charge is 0.324 e. The van der Waals surface area contributed by atoms with Crippen molar-refractivity contribution in [3.8, 4) is 0 Å². The monoisotopic (exact) mass is 303 g/mol. The van der Waals surface area contributed by atoms with Gasteiger partial charge < -0.3 is 9.80 Å². The molecule has 22 heavy (non-hydrogen) atoms. The zero-order chi connectivity index (χ0) is 15.3. The summed E-state index contributed by atoms with van der Waals surface area (Å²) in [6, 6.07) is 0.0495. The number of fused-ring (bicyclic) bond motifs is 2. The van der Waals surface area contributed by atoms with Gasteiger partial charge in [0.15, 0.2) is 0 Å². The number of amides is 2. The van der Waals surface area contributed by atoms with Crippen molar-refractivity contribution in [1.82, 2.24) is 19.6 Å². The van der Waals surface area contributed by atoms with E-state index in [1.165, 1.54) is 24.1 Å².